The van der Waals surface area contributed by atoms with Crippen LogP contribution in [0.3, 0.4) is 0 Å². The summed E-state index contributed by atoms with van der Waals surface area (Å²) in [5, 5.41) is 0.747. The molecule has 0 aliphatic carbocycles. The van der Waals surface area contributed by atoms with Crippen molar-refractivity contribution in [1.82, 2.24) is 4.90 Å². The average molecular weight is 378 g/mol. The second-order valence-corrected chi connectivity index (χ2v) is 7.50. The molecular weight excluding hydrogens is 354 g/mol. The van der Waals surface area contributed by atoms with Crippen LogP contribution in [0.5, 0.6) is 0 Å². The average Bonchev–Trinajstić information content (AvgIpc) is 2.93. The molecule has 0 radical (unpaired) electrons. The van der Waals surface area contributed by atoms with E-state index in [1.54, 1.807) is 0 Å². The lowest BCUT2D eigenvalue weighted by atomic mass is 9.83. The zero-order valence-corrected chi connectivity index (χ0v) is 16.1. The minimum Gasteiger partial charge on any atom is -0.364 e. The van der Waals surface area contributed by atoms with Crippen LogP contribution in [0.15, 0.2) is 84.9 Å². The van der Waals surface area contributed by atoms with E-state index in [-0.39, 0.29) is 0 Å². The van der Waals surface area contributed by atoms with Gasteiger partial charge in [-0.3, -0.25) is 4.90 Å². The Labute approximate surface area is 166 Å². The molecule has 3 aromatic rings. The van der Waals surface area contributed by atoms with Crippen LogP contribution in [0, 0.1) is 0 Å². The first kappa shape index (κ1) is 18.2. The predicted octanol–water partition coefficient (Wildman–Crippen LogP) is 5.51. The number of halogens is 1. The van der Waals surface area contributed by atoms with E-state index >= 15 is 0 Å². The Morgan fingerprint density at radius 2 is 1.52 bits per heavy atom. The number of nitrogens with zero attached hydrogens (tertiary/aromatic N) is 1. The third-order valence-corrected chi connectivity index (χ3v) is 5.55. The summed E-state index contributed by atoms with van der Waals surface area (Å²) in [6, 6.07) is 29.3. The van der Waals surface area contributed by atoms with Gasteiger partial charge in [0.1, 0.15) is 5.60 Å². The highest BCUT2D eigenvalue weighted by molar-refractivity contribution is 6.30. The molecule has 0 N–H and O–H groups in total. The summed E-state index contributed by atoms with van der Waals surface area (Å²) in [5.41, 5.74) is 3.20. The van der Waals surface area contributed by atoms with E-state index in [1.807, 2.05) is 24.3 Å². The van der Waals surface area contributed by atoms with Gasteiger partial charge in [-0.25, -0.2) is 0 Å². The van der Waals surface area contributed by atoms with Gasteiger partial charge >= 0.3 is 0 Å². The van der Waals surface area contributed by atoms with Gasteiger partial charge in [0.15, 0.2) is 0 Å². The van der Waals surface area contributed by atoms with Crippen molar-refractivity contribution in [3.05, 3.63) is 107 Å². The van der Waals surface area contributed by atoms with Crippen molar-refractivity contribution in [3.8, 4) is 0 Å². The highest BCUT2D eigenvalue weighted by atomic mass is 35.5. The van der Waals surface area contributed by atoms with E-state index in [0.29, 0.717) is 6.61 Å². The molecule has 138 valence electrons. The topological polar surface area (TPSA) is 12.5 Å². The van der Waals surface area contributed by atoms with E-state index < -0.39 is 5.60 Å². The lowest BCUT2D eigenvalue weighted by molar-refractivity contribution is -0.0101. The van der Waals surface area contributed by atoms with Crippen molar-refractivity contribution in [3.63, 3.8) is 0 Å². The molecule has 0 spiro atoms. The predicted molar refractivity (Wildman–Crippen MR) is 111 cm³/mol. The molecule has 1 fully saturated rings. The Morgan fingerprint density at radius 1 is 0.815 bits per heavy atom. The van der Waals surface area contributed by atoms with Gasteiger partial charge in [0.2, 0.25) is 0 Å². The SMILES string of the molecule is Clc1cccc(C2(c3ccccc3)CCN(Cc3ccccc3)CCO2)c1. The van der Waals surface area contributed by atoms with Gasteiger partial charge in [0.05, 0.1) is 6.61 Å². The standard InChI is InChI=1S/C24H24ClNO/c25-23-13-7-12-22(18-23)24(21-10-5-2-6-11-21)14-15-26(16-17-27-24)19-20-8-3-1-4-9-20/h1-13,18H,14-17,19H2. The molecule has 3 aromatic carbocycles. The molecule has 1 saturated heterocycles. The Hall–Kier alpha value is -2.13. The first-order valence-electron chi connectivity index (χ1n) is 9.48. The van der Waals surface area contributed by atoms with Crippen LogP contribution < -0.4 is 0 Å². The minimum absolute atomic E-state index is 0.461. The fourth-order valence-electron chi connectivity index (χ4n) is 3.92. The molecular formula is C24H24ClNO. The van der Waals surface area contributed by atoms with Gasteiger partial charge in [0.25, 0.3) is 0 Å². The van der Waals surface area contributed by atoms with Crippen LogP contribution >= 0.6 is 11.6 Å². The maximum atomic E-state index is 6.59. The van der Waals surface area contributed by atoms with E-state index in [4.69, 9.17) is 16.3 Å². The second-order valence-electron chi connectivity index (χ2n) is 7.06. The van der Waals surface area contributed by atoms with Gasteiger partial charge in [-0.05, 0) is 35.2 Å². The summed E-state index contributed by atoms with van der Waals surface area (Å²) in [6.07, 6.45) is 0.893. The highest BCUT2D eigenvalue weighted by Gasteiger charge is 2.37. The zero-order chi connectivity index (χ0) is 18.5. The molecule has 1 atom stereocenters. The van der Waals surface area contributed by atoms with E-state index in [1.165, 1.54) is 11.1 Å². The number of hydrogen-bond acceptors (Lipinski definition) is 2. The smallest absolute Gasteiger partial charge is 0.119 e. The van der Waals surface area contributed by atoms with Gasteiger partial charge in [-0.15, -0.1) is 0 Å². The van der Waals surface area contributed by atoms with Crippen LogP contribution in [0.25, 0.3) is 0 Å². The fraction of sp³-hybridized carbons (Fsp3) is 0.250. The lowest BCUT2D eigenvalue weighted by Gasteiger charge is -2.34. The maximum absolute atomic E-state index is 6.59. The van der Waals surface area contributed by atoms with Crippen molar-refractivity contribution < 1.29 is 4.74 Å². The molecule has 0 saturated carbocycles. The summed E-state index contributed by atoms with van der Waals surface area (Å²) < 4.78 is 6.59. The minimum atomic E-state index is -0.461. The van der Waals surface area contributed by atoms with Gasteiger partial charge in [-0.2, -0.15) is 0 Å². The van der Waals surface area contributed by atoms with Crippen LogP contribution in [-0.4, -0.2) is 24.6 Å². The van der Waals surface area contributed by atoms with Crippen molar-refractivity contribution >= 4 is 11.6 Å². The third-order valence-electron chi connectivity index (χ3n) is 5.32. The second kappa shape index (κ2) is 8.26. The van der Waals surface area contributed by atoms with Gasteiger partial charge in [0, 0.05) is 24.7 Å². The maximum Gasteiger partial charge on any atom is 0.119 e. The van der Waals surface area contributed by atoms with Gasteiger partial charge < -0.3 is 4.74 Å². The fourth-order valence-corrected chi connectivity index (χ4v) is 4.11. The normalized spacial score (nSPS) is 20.9. The van der Waals surface area contributed by atoms with Crippen LogP contribution in [0.2, 0.25) is 5.02 Å². The summed E-state index contributed by atoms with van der Waals surface area (Å²) in [4.78, 5) is 2.48. The monoisotopic (exact) mass is 377 g/mol. The molecule has 4 rings (SSSR count). The number of ether oxygens (including phenoxy) is 1. The Kier molecular flexibility index (Phi) is 5.58. The van der Waals surface area contributed by atoms with E-state index in [9.17, 15) is 0 Å². The van der Waals surface area contributed by atoms with Crippen LogP contribution in [0.1, 0.15) is 23.1 Å². The molecule has 1 heterocycles. The molecule has 2 nitrogen and oxygen atoms in total. The zero-order valence-electron chi connectivity index (χ0n) is 15.4. The van der Waals surface area contributed by atoms with E-state index in [0.717, 1.165) is 36.6 Å². The molecule has 0 bridgehead atoms. The molecule has 0 aromatic heterocycles. The van der Waals surface area contributed by atoms with Crippen LogP contribution in [0.4, 0.5) is 0 Å². The Morgan fingerprint density at radius 3 is 2.26 bits per heavy atom. The van der Waals surface area contributed by atoms with Crippen molar-refractivity contribution in [2.24, 2.45) is 0 Å². The molecule has 1 unspecified atom stereocenters. The Bertz CT molecular complexity index is 868. The number of rotatable bonds is 4. The van der Waals surface area contributed by atoms with E-state index in [2.05, 4.69) is 65.6 Å². The molecule has 3 heteroatoms. The summed E-state index contributed by atoms with van der Waals surface area (Å²) >= 11 is 6.32. The summed E-state index contributed by atoms with van der Waals surface area (Å²) in [7, 11) is 0. The largest absolute Gasteiger partial charge is 0.364 e. The molecule has 1 aliphatic rings. The summed E-state index contributed by atoms with van der Waals surface area (Å²) in [5.74, 6) is 0. The van der Waals surface area contributed by atoms with Crippen molar-refractivity contribution in [1.29, 1.82) is 0 Å². The first-order chi connectivity index (χ1) is 13.3. The van der Waals surface area contributed by atoms with Gasteiger partial charge in [-0.1, -0.05) is 84.4 Å². The van der Waals surface area contributed by atoms with Crippen LogP contribution in [-0.2, 0) is 16.9 Å². The molecule has 0 amide bonds. The third kappa shape index (κ3) is 4.08. The lowest BCUT2D eigenvalue weighted by Crippen LogP contribution is -2.32. The first-order valence-corrected chi connectivity index (χ1v) is 9.86. The highest BCUT2D eigenvalue weighted by Crippen LogP contribution is 2.39. The Balaban J connectivity index is 1.64. The van der Waals surface area contributed by atoms with Crippen molar-refractivity contribution in [2.75, 3.05) is 19.7 Å². The summed E-state index contributed by atoms with van der Waals surface area (Å²) in [6.45, 7) is 3.53. The molecule has 27 heavy (non-hydrogen) atoms. The van der Waals surface area contributed by atoms with Crippen molar-refractivity contribution in [2.45, 2.75) is 18.6 Å². The number of benzene rings is 3. The number of hydrogen-bond donors (Lipinski definition) is 0. The quantitative estimate of drug-likeness (QED) is 0.594. The molecule has 1 aliphatic heterocycles.